The van der Waals surface area contributed by atoms with Gasteiger partial charge in [-0.3, -0.25) is 5.10 Å². The third kappa shape index (κ3) is 7.15. The normalized spacial score (nSPS) is 10.9. The van der Waals surface area contributed by atoms with Crippen molar-refractivity contribution in [1.29, 1.82) is 0 Å². The van der Waals surface area contributed by atoms with Crippen LogP contribution < -0.4 is 119 Å². The number of hydrogen-bond acceptors (Lipinski definition) is 16. The van der Waals surface area contributed by atoms with Gasteiger partial charge in [0.15, 0.2) is 34.8 Å². The number of nitrogen functional groups attached to an aromatic ring is 2. The predicted molar refractivity (Wildman–Crippen MR) is 140 cm³/mol. The first-order valence-corrected chi connectivity index (χ1v) is 11.6. The van der Waals surface area contributed by atoms with E-state index in [-0.39, 0.29) is 166 Å². The summed E-state index contributed by atoms with van der Waals surface area (Å²) in [5.41, 5.74) is 13.8. The number of nitrogens with zero attached hydrogens (tertiary/aromatic N) is 14. The van der Waals surface area contributed by atoms with Crippen LogP contribution >= 0.6 is 0 Å². The van der Waals surface area contributed by atoms with Gasteiger partial charge in [-0.2, -0.15) is 34.9 Å². The Hall–Kier alpha value is -2.91. The zero-order valence-electron chi connectivity index (χ0n) is 24.4. The average Bonchev–Trinajstić information content (AvgIpc) is 3.66. The number of anilines is 2. The van der Waals surface area contributed by atoms with Gasteiger partial charge in [0.05, 0.1) is 41.2 Å². The third-order valence-electron chi connectivity index (χ3n) is 5.83. The van der Waals surface area contributed by atoms with Crippen molar-refractivity contribution in [3.63, 3.8) is 0 Å². The van der Waals surface area contributed by atoms with E-state index in [0.29, 0.717) is 11.4 Å². The molecule has 0 amide bonds. The standard InChI is InChI=1S/C22H21N16O3.2K.H2O/c1-10-16(29-31-20-12(8-39)6-27-35(20)3)18(23)37(33-10)14-5-15(26-9-25-14)38-19(24)17(11(2)34-38)30-32-21-13(22(40)41)7-28-36(21)4;;;/h5-7,9H,23-24H2,1-4H3,(H,40,41);;;1H2/q-1;2*+1;/p-2. The molecule has 0 saturated heterocycles. The van der Waals surface area contributed by atoms with Crippen LogP contribution in [0.2, 0.25) is 0 Å². The Kier molecular flexibility index (Phi) is 13.0. The maximum atomic E-state index is 11.3. The molecule has 22 heteroatoms. The van der Waals surface area contributed by atoms with Crippen molar-refractivity contribution in [3.05, 3.63) is 47.3 Å². The van der Waals surface area contributed by atoms with Crippen LogP contribution in [-0.4, -0.2) is 66.8 Å². The molecule has 0 spiro atoms. The van der Waals surface area contributed by atoms with Crippen LogP contribution in [0.4, 0.5) is 34.6 Å². The molecule has 0 radical (unpaired) electrons. The molecule has 0 aromatic carbocycles. The van der Waals surface area contributed by atoms with Crippen LogP contribution in [0, 0.1) is 13.8 Å². The summed E-state index contributed by atoms with van der Waals surface area (Å²) in [6, 6.07) is 1.53. The Labute approximate surface area is 333 Å². The van der Waals surface area contributed by atoms with E-state index in [1.54, 1.807) is 27.2 Å². The maximum Gasteiger partial charge on any atom is 1.00 e. The second-order valence-corrected chi connectivity index (χ2v) is 8.50. The van der Waals surface area contributed by atoms with Crippen molar-refractivity contribution in [2.75, 3.05) is 11.5 Å². The molecule has 0 atom stereocenters. The van der Waals surface area contributed by atoms with Crippen molar-refractivity contribution < 1.29 is 123 Å². The van der Waals surface area contributed by atoms with E-state index >= 15 is 0 Å². The minimum Gasteiger partial charge on any atom is -0.870 e. The smallest absolute Gasteiger partial charge is 0.870 e. The van der Waals surface area contributed by atoms with E-state index in [0.717, 1.165) is 6.20 Å². The predicted octanol–water partition coefficient (Wildman–Crippen LogP) is -5.42. The number of carboxylic acids is 1. The first kappa shape index (κ1) is 37.3. The van der Waals surface area contributed by atoms with Gasteiger partial charge in [0.25, 0.3) is 0 Å². The monoisotopic (exact) mass is 651 g/mol. The molecule has 0 fully saturated rings. The van der Waals surface area contributed by atoms with Crippen LogP contribution in [0.25, 0.3) is 11.6 Å². The number of carboxylic acid groups (broad SMARTS) is 1. The van der Waals surface area contributed by atoms with Gasteiger partial charge < -0.3 is 36.3 Å². The Morgan fingerprint density at radius 1 is 0.841 bits per heavy atom. The van der Waals surface area contributed by atoms with Gasteiger partial charge in [-0.1, -0.05) is 5.56 Å². The van der Waals surface area contributed by atoms with E-state index < -0.39 is 5.97 Å². The molecule has 20 nitrogen and oxygen atoms in total. The van der Waals surface area contributed by atoms with Crippen molar-refractivity contribution in [2.45, 2.75) is 13.8 Å². The molecule has 0 aliphatic heterocycles. The molecule has 5 rings (SSSR count). The summed E-state index contributed by atoms with van der Waals surface area (Å²) in [5, 5.41) is 44.3. The van der Waals surface area contributed by atoms with Crippen molar-refractivity contribution >= 4 is 46.9 Å². The Bertz CT molecular complexity index is 1890. The van der Waals surface area contributed by atoms with Crippen molar-refractivity contribution in [1.82, 2.24) is 49.1 Å². The second kappa shape index (κ2) is 15.4. The number of azo groups is 2. The van der Waals surface area contributed by atoms with Gasteiger partial charge in [0, 0.05) is 20.2 Å². The van der Waals surface area contributed by atoms with Crippen molar-refractivity contribution in [2.24, 2.45) is 34.6 Å². The summed E-state index contributed by atoms with van der Waals surface area (Å²) in [7, 11) is 3.12. The van der Waals surface area contributed by atoms with Gasteiger partial charge in [-0.05, 0) is 20.0 Å². The molecular formula is C22H21K2N16O4-. The van der Waals surface area contributed by atoms with Crippen LogP contribution in [-0.2, 0) is 18.9 Å². The molecule has 5 N–H and O–H groups in total. The van der Waals surface area contributed by atoms with Gasteiger partial charge in [-0.15, -0.1) is 10.2 Å². The minimum absolute atomic E-state index is 0. The summed E-state index contributed by atoms with van der Waals surface area (Å²) in [6.07, 6.45) is 5.45. The van der Waals surface area contributed by atoms with Crippen LogP contribution in [0.15, 0.2) is 45.2 Å². The molecule has 0 aliphatic rings. The van der Waals surface area contributed by atoms with Gasteiger partial charge in [-0.25, -0.2) is 14.6 Å². The number of hydrogen-bond donors (Lipinski definition) is 2. The molecule has 5 aromatic heterocycles. The number of nitrogens with two attached hydrogens (primary N) is 2. The summed E-state index contributed by atoms with van der Waals surface area (Å²) in [6.45, 7) is 3.33. The Morgan fingerprint density at radius 2 is 1.32 bits per heavy atom. The quantitative estimate of drug-likeness (QED) is 0.0903. The number of aryl methyl sites for hydroxylation is 4. The fraction of sp³-hybridized carbons (Fsp3) is 0.182. The minimum atomic E-state index is -1.44. The second-order valence-electron chi connectivity index (χ2n) is 8.50. The molecule has 0 saturated carbocycles. The van der Waals surface area contributed by atoms with E-state index in [9.17, 15) is 14.7 Å². The molecular weight excluding hydrogens is 631 g/mol. The fourth-order valence-corrected chi connectivity index (χ4v) is 3.75. The average molecular weight is 652 g/mol. The zero-order chi connectivity index (χ0) is 29.4. The molecule has 44 heavy (non-hydrogen) atoms. The van der Waals surface area contributed by atoms with Gasteiger partial charge >= 0.3 is 103 Å². The summed E-state index contributed by atoms with van der Waals surface area (Å²) in [5.74, 6) is -0.553. The third-order valence-corrected chi connectivity index (χ3v) is 5.83. The van der Waals surface area contributed by atoms with Gasteiger partial charge in [0.1, 0.15) is 12.0 Å². The summed E-state index contributed by atoms with van der Waals surface area (Å²) >= 11 is 0. The van der Waals surface area contributed by atoms with Crippen molar-refractivity contribution in [3.8, 4) is 11.6 Å². The SMILES string of the molecule is Cc1nn(-c2cc(-n3nc(C)c(N=Nc4c(C(=O)[O-])cnn4C)c3N)ncn2)c(N)c1N=Nc1c([C-]=O)cnn1C.[K+].[K+].[OH-]. The number of aromatic carboxylic acids is 1. The fourth-order valence-electron chi connectivity index (χ4n) is 3.75. The van der Waals surface area contributed by atoms with E-state index in [1.165, 1.54) is 44.4 Å². The largest absolute Gasteiger partial charge is 1.00 e. The first-order valence-electron chi connectivity index (χ1n) is 11.6. The maximum absolute atomic E-state index is 11.3. The molecule has 5 heterocycles. The van der Waals surface area contributed by atoms with Crippen LogP contribution in [0.5, 0.6) is 0 Å². The molecule has 0 bridgehead atoms. The number of carbonyl (C=O) groups excluding carboxylic acids is 2. The molecule has 216 valence electrons. The number of aromatic nitrogens is 10. The topological polar surface area (TPSA) is 286 Å². The van der Waals surface area contributed by atoms with E-state index in [4.69, 9.17) is 11.5 Å². The zero-order valence-corrected chi connectivity index (χ0v) is 30.6. The Balaban J connectivity index is 0.00000225. The van der Waals surface area contributed by atoms with E-state index in [1.807, 2.05) is 0 Å². The van der Waals surface area contributed by atoms with Crippen LogP contribution in [0.1, 0.15) is 27.3 Å². The summed E-state index contributed by atoms with van der Waals surface area (Å²) < 4.78 is 5.26. The first-order chi connectivity index (χ1) is 19.6. The van der Waals surface area contributed by atoms with Crippen LogP contribution in [0.3, 0.4) is 0 Å². The number of carbonyl (C=O) groups is 1. The molecule has 0 aliphatic carbocycles. The Morgan fingerprint density at radius 3 is 1.82 bits per heavy atom. The number of rotatable bonds is 8. The summed E-state index contributed by atoms with van der Waals surface area (Å²) in [4.78, 5) is 30.9. The molecule has 5 aromatic rings. The van der Waals surface area contributed by atoms with Gasteiger partial charge in [0.2, 0.25) is 0 Å². The van der Waals surface area contributed by atoms with E-state index in [2.05, 4.69) is 50.8 Å². The molecule has 0 unspecified atom stereocenters.